The molecule has 37 heavy (non-hydrogen) atoms. The summed E-state index contributed by atoms with van der Waals surface area (Å²) in [7, 11) is -2.80. The highest BCUT2D eigenvalue weighted by Crippen LogP contribution is 2.41. The predicted octanol–water partition coefficient (Wildman–Crippen LogP) is 2.93. The Morgan fingerprint density at radius 3 is 2.68 bits per heavy atom. The lowest BCUT2D eigenvalue weighted by atomic mass is 10.1. The van der Waals surface area contributed by atoms with Crippen molar-refractivity contribution in [1.29, 1.82) is 0 Å². The first-order valence-corrected chi connectivity index (χ1v) is 13.7. The van der Waals surface area contributed by atoms with E-state index in [-0.39, 0.29) is 48.0 Å². The molecule has 0 amide bonds. The third-order valence-corrected chi connectivity index (χ3v) is 8.01. The van der Waals surface area contributed by atoms with Crippen LogP contribution < -0.4 is 13.8 Å². The molecule has 12 heteroatoms. The second kappa shape index (κ2) is 10.2. The SMILES string of the molecule is COc1nn2c(c1S(=O)(=O)N1C[C@H](CCC(=O)O)Oc3ccc(CC(=O)OC(C)(C)C)cc31)CCCC2. The minimum Gasteiger partial charge on any atom is -0.486 e. The van der Waals surface area contributed by atoms with Crippen LogP contribution in [0, 0.1) is 0 Å². The Labute approximate surface area is 216 Å². The number of hydrogen-bond donors (Lipinski definition) is 1. The molecule has 2 aromatic rings. The van der Waals surface area contributed by atoms with Crippen molar-refractivity contribution in [2.24, 2.45) is 0 Å². The summed E-state index contributed by atoms with van der Waals surface area (Å²) in [5, 5.41) is 13.5. The molecule has 1 N–H and O–H groups in total. The third kappa shape index (κ3) is 5.84. The molecule has 3 heterocycles. The van der Waals surface area contributed by atoms with E-state index in [9.17, 15) is 18.0 Å². The Balaban J connectivity index is 1.76. The summed E-state index contributed by atoms with van der Waals surface area (Å²) in [5.74, 6) is -1.12. The summed E-state index contributed by atoms with van der Waals surface area (Å²) in [5.41, 5.74) is 0.762. The van der Waals surface area contributed by atoms with Crippen LogP contribution in [-0.4, -0.2) is 60.6 Å². The van der Waals surface area contributed by atoms with Crippen LogP contribution in [0.25, 0.3) is 0 Å². The van der Waals surface area contributed by atoms with Crippen molar-refractivity contribution < 1.29 is 37.3 Å². The van der Waals surface area contributed by atoms with Gasteiger partial charge < -0.3 is 19.3 Å². The van der Waals surface area contributed by atoms with Gasteiger partial charge in [-0.15, -0.1) is 5.10 Å². The van der Waals surface area contributed by atoms with Gasteiger partial charge in [-0.05, 0) is 64.2 Å². The molecule has 1 atom stereocenters. The average Bonchev–Trinajstić information content (AvgIpc) is 3.20. The zero-order valence-electron chi connectivity index (χ0n) is 21.5. The number of rotatable bonds is 8. The number of aliphatic carboxylic acids is 1. The quantitative estimate of drug-likeness (QED) is 0.506. The summed E-state index contributed by atoms with van der Waals surface area (Å²) < 4.78 is 48.1. The van der Waals surface area contributed by atoms with Crippen LogP contribution in [0.2, 0.25) is 0 Å². The number of hydrogen-bond acceptors (Lipinski definition) is 8. The van der Waals surface area contributed by atoms with Crippen LogP contribution in [0.3, 0.4) is 0 Å². The van der Waals surface area contributed by atoms with Gasteiger partial charge in [-0.3, -0.25) is 18.6 Å². The molecule has 0 unspecified atom stereocenters. The summed E-state index contributed by atoms with van der Waals surface area (Å²) in [4.78, 5) is 23.6. The van der Waals surface area contributed by atoms with Crippen LogP contribution in [0.4, 0.5) is 5.69 Å². The van der Waals surface area contributed by atoms with Gasteiger partial charge >= 0.3 is 11.9 Å². The van der Waals surface area contributed by atoms with E-state index < -0.39 is 33.7 Å². The molecule has 202 valence electrons. The number of carbonyl (C=O) groups is 2. The molecule has 4 rings (SSSR count). The van der Waals surface area contributed by atoms with Gasteiger partial charge in [0.2, 0.25) is 0 Å². The first kappa shape index (κ1) is 26.8. The van der Waals surface area contributed by atoms with Crippen molar-refractivity contribution in [1.82, 2.24) is 9.78 Å². The minimum absolute atomic E-state index is 0.0112. The Kier molecular flexibility index (Phi) is 7.40. The van der Waals surface area contributed by atoms with Crippen LogP contribution in [0.1, 0.15) is 57.7 Å². The fraction of sp³-hybridized carbons (Fsp3) is 0.560. The highest BCUT2D eigenvalue weighted by Gasteiger charge is 2.40. The number of carbonyl (C=O) groups excluding carboxylic acids is 1. The maximum absolute atomic E-state index is 14.2. The summed E-state index contributed by atoms with van der Waals surface area (Å²) in [6.45, 7) is 5.83. The smallest absolute Gasteiger partial charge is 0.310 e. The van der Waals surface area contributed by atoms with E-state index in [1.54, 1.807) is 43.7 Å². The van der Waals surface area contributed by atoms with Crippen molar-refractivity contribution in [3.05, 3.63) is 29.5 Å². The largest absolute Gasteiger partial charge is 0.486 e. The number of carboxylic acids is 1. The molecule has 1 aromatic heterocycles. The monoisotopic (exact) mass is 535 g/mol. The number of methoxy groups -OCH3 is 1. The van der Waals surface area contributed by atoms with E-state index in [0.717, 1.165) is 12.8 Å². The Hall–Kier alpha value is -3.28. The Morgan fingerprint density at radius 2 is 2.00 bits per heavy atom. The molecule has 11 nitrogen and oxygen atoms in total. The number of carboxylic acid groups (broad SMARTS) is 1. The molecular weight excluding hydrogens is 502 g/mol. The molecule has 0 aliphatic carbocycles. The topological polar surface area (TPSA) is 137 Å². The number of fused-ring (bicyclic) bond motifs is 2. The zero-order chi connectivity index (χ0) is 27.0. The van der Waals surface area contributed by atoms with Crippen molar-refractivity contribution in [2.45, 2.75) is 82.4 Å². The molecule has 0 spiro atoms. The van der Waals surface area contributed by atoms with Crippen molar-refractivity contribution in [3.63, 3.8) is 0 Å². The number of esters is 1. The number of aryl methyl sites for hydroxylation is 1. The van der Waals surface area contributed by atoms with Gasteiger partial charge in [0.25, 0.3) is 15.9 Å². The number of nitrogens with zero attached hydrogens (tertiary/aromatic N) is 3. The standard InChI is InChI=1S/C25H33N3O8S/c1-25(2,3)36-22(31)14-16-8-10-20-19(13-16)28(15-17(35-20)9-11-21(29)30)37(32,33)23-18-7-5-6-12-27(18)26-24(23)34-4/h8,10,13,17H,5-7,9,11-12,14-15H2,1-4H3,(H,29,30)/t17-/m0/s1. The molecular formula is C25H33N3O8S. The fourth-order valence-corrected chi connectivity index (χ4v) is 6.45. The van der Waals surface area contributed by atoms with Gasteiger partial charge in [0.05, 0.1) is 31.5 Å². The first-order chi connectivity index (χ1) is 17.4. The van der Waals surface area contributed by atoms with Crippen LogP contribution in [-0.2, 0) is 43.7 Å². The molecule has 1 aromatic carbocycles. The highest BCUT2D eigenvalue weighted by molar-refractivity contribution is 7.93. The lowest BCUT2D eigenvalue weighted by Crippen LogP contribution is -2.44. The normalized spacial score (nSPS) is 17.4. The predicted molar refractivity (Wildman–Crippen MR) is 134 cm³/mol. The van der Waals surface area contributed by atoms with E-state index in [1.807, 2.05) is 0 Å². The van der Waals surface area contributed by atoms with Crippen molar-refractivity contribution in [3.8, 4) is 11.6 Å². The van der Waals surface area contributed by atoms with Crippen LogP contribution in [0.15, 0.2) is 23.1 Å². The van der Waals surface area contributed by atoms with E-state index in [0.29, 0.717) is 24.2 Å². The number of aromatic nitrogens is 2. The minimum atomic E-state index is -4.18. The molecule has 0 saturated carbocycles. The van der Waals surface area contributed by atoms with Gasteiger partial charge in [0.15, 0.2) is 4.90 Å². The van der Waals surface area contributed by atoms with Crippen LogP contribution in [0.5, 0.6) is 11.6 Å². The second-order valence-corrected chi connectivity index (χ2v) is 12.0. The molecule has 0 fully saturated rings. The number of sulfonamides is 1. The highest BCUT2D eigenvalue weighted by atomic mass is 32.2. The van der Waals surface area contributed by atoms with Crippen LogP contribution >= 0.6 is 0 Å². The Morgan fingerprint density at radius 1 is 1.24 bits per heavy atom. The molecule has 0 radical (unpaired) electrons. The Bertz CT molecular complexity index is 1300. The van der Waals surface area contributed by atoms with E-state index in [4.69, 9.17) is 19.3 Å². The van der Waals surface area contributed by atoms with E-state index in [1.165, 1.54) is 11.4 Å². The van der Waals surface area contributed by atoms with Crippen molar-refractivity contribution >= 4 is 27.6 Å². The van der Waals surface area contributed by atoms with Gasteiger partial charge in [-0.25, -0.2) is 8.42 Å². The maximum Gasteiger partial charge on any atom is 0.310 e. The average molecular weight is 536 g/mol. The summed E-state index contributed by atoms with van der Waals surface area (Å²) >= 11 is 0. The fourth-order valence-electron chi connectivity index (χ4n) is 4.61. The molecule has 2 aliphatic heterocycles. The lowest BCUT2D eigenvalue weighted by Gasteiger charge is -2.36. The third-order valence-electron chi connectivity index (χ3n) is 6.16. The molecule has 2 aliphatic rings. The number of ether oxygens (including phenoxy) is 3. The number of anilines is 1. The summed E-state index contributed by atoms with van der Waals surface area (Å²) in [6.07, 6.45) is 1.51. The van der Waals surface area contributed by atoms with E-state index in [2.05, 4.69) is 5.10 Å². The molecule has 0 saturated heterocycles. The molecule has 0 bridgehead atoms. The lowest BCUT2D eigenvalue weighted by molar-refractivity contribution is -0.154. The van der Waals surface area contributed by atoms with E-state index >= 15 is 0 Å². The van der Waals surface area contributed by atoms with Gasteiger partial charge in [-0.2, -0.15) is 0 Å². The van der Waals surface area contributed by atoms with Gasteiger partial charge in [0.1, 0.15) is 17.5 Å². The summed E-state index contributed by atoms with van der Waals surface area (Å²) in [6, 6.07) is 4.89. The number of benzene rings is 1. The first-order valence-electron chi connectivity index (χ1n) is 12.3. The maximum atomic E-state index is 14.2. The zero-order valence-corrected chi connectivity index (χ0v) is 22.3. The van der Waals surface area contributed by atoms with Crippen molar-refractivity contribution in [2.75, 3.05) is 18.0 Å². The second-order valence-electron chi connectivity index (χ2n) is 10.2. The van der Waals surface area contributed by atoms with Gasteiger partial charge in [-0.1, -0.05) is 6.07 Å². The van der Waals surface area contributed by atoms with Gasteiger partial charge in [0, 0.05) is 13.0 Å².